The summed E-state index contributed by atoms with van der Waals surface area (Å²) in [7, 11) is -6.00. The van der Waals surface area contributed by atoms with Crippen LogP contribution >= 0.6 is 0 Å². The van der Waals surface area contributed by atoms with Crippen LogP contribution in [0.5, 0.6) is 5.75 Å². The van der Waals surface area contributed by atoms with Gasteiger partial charge in [0.2, 0.25) is 11.1 Å². The van der Waals surface area contributed by atoms with E-state index >= 15 is 0 Å². The van der Waals surface area contributed by atoms with Gasteiger partial charge in [-0.15, -0.1) is 0 Å². The molecule has 118 valence electrons. The summed E-state index contributed by atoms with van der Waals surface area (Å²) in [5.41, 5.74) is 1.55. The summed E-state index contributed by atoms with van der Waals surface area (Å²) in [4.78, 5) is 5.41. The first-order valence-electron chi connectivity index (χ1n) is 6.50. The summed E-state index contributed by atoms with van der Waals surface area (Å²) in [5, 5.41) is 8.82. The first-order valence-corrected chi connectivity index (χ1v) is 6.50. The van der Waals surface area contributed by atoms with Gasteiger partial charge in [-0.2, -0.15) is 0 Å². The Kier molecular flexibility index (Phi) is 8.20. The lowest BCUT2D eigenvalue weighted by atomic mass is 10.2. The third-order valence-electron chi connectivity index (χ3n) is 2.48. The number of nitrogens with zero attached hydrogens (tertiary/aromatic N) is 3. The highest BCUT2D eigenvalue weighted by atomic mass is 19.5. The quantitative estimate of drug-likeness (QED) is 0.449. The van der Waals surface area contributed by atoms with Gasteiger partial charge in [0, 0.05) is 30.9 Å². The number of ether oxygens (including phenoxy) is 1. The Labute approximate surface area is 121 Å². The Morgan fingerprint density at radius 2 is 1.67 bits per heavy atom. The summed E-state index contributed by atoms with van der Waals surface area (Å²) in [6.45, 7) is 8.56. The highest BCUT2D eigenvalue weighted by Crippen LogP contribution is 2.32. The fraction of sp³-hybridized carbons (Fsp3) is 0.500. The molecule has 0 radical (unpaired) electrons. The highest BCUT2D eigenvalue weighted by Gasteiger charge is 2.20. The van der Waals surface area contributed by atoms with Crippen LogP contribution in [0, 0.1) is 5.39 Å². The van der Waals surface area contributed by atoms with Gasteiger partial charge in [-0.25, -0.2) is 0 Å². The molecule has 9 heteroatoms. The average molecular weight is 307 g/mol. The molecule has 0 aliphatic rings. The molecule has 0 saturated carbocycles. The lowest BCUT2D eigenvalue weighted by molar-refractivity contribution is 0.342. The number of halogens is 4. The number of benzene rings is 1. The first kappa shape index (κ1) is 19.0. The molecular formula is C12H18BF4N3O. The molecule has 0 atom stereocenters. The van der Waals surface area contributed by atoms with Crippen LogP contribution in [0.4, 0.5) is 28.6 Å². The topological polar surface area (TPSA) is 40.6 Å². The van der Waals surface area contributed by atoms with Crippen molar-refractivity contribution in [3.05, 3.63) is 23.2 Å². The summed E-state index contributed by atoms with van der Waals surface area (Å²) in [5.74, 6) is 0.620. The Hall–Kier alpha value is -1.98. The predicted octanol–water partition coefficient (Wildman–Crippen LogP) is 4.72. The molecule has 0 heterocycles. The molecular weight excluding hydrogens is 289 g/mol. The Morgan fingerprint density at radius 1 is 1.14 bits per heavy atom. The molecule has 0 fully saturated rings. The van der Waals surface area contributed by atoms with Crippen molar-refractivity contribution in [1.82, 2.24) is 0 Å². The van der Waals surface area contributed by atoms with Crippen molar-refractivity contribution in [3.63, 3.8) is 0 Å². The molecule has 0 N–H and O–H groups in total. The third-order valence-corrected chi connectivity index (χ3v) is 2.48. The zero-order valence-corrected chi connectivity index (χ0v) is 12.2. The lowest BCUT2D eigenvalue weighted by Gasteiger charge is -2.20. The van der Waals surface area contributed by atoms with E-state index < -0.39 is 7.25 Å². The van der Waals surface area contributed by atoms with Crippen LogP contribution in [0.1, 0.15) is 20.8 Å². The van der Waals surface area contributed by atoms with Crippen molar-refractivity contribution in [2.75, 3.05) is 24.6 Å². The van der Waals surface area contributed by atoms with Gasteiger partial charge < -0.3 is 26.9 Å². The Bertz CT molecular complexity index is 467. The minimum absolute atomic E-state index is 0.470. The molecule has 0 amide bonds. The average Bonchev–Trinajstić information content (AvgIpc) is 2.39. The first-order chi connectivity index (χ1) is 9.76. The van der Waals surface area contributed by atoms with Crippen molar-refractivity contribution in [3.8, 4) is 5.75 Å². The van der Waals surface area contributed by atoms with Gasteiger partial charge in [-0.3, -0.25) is 0 Å². The number of anilines is 1. The van der Waals surface area contributed by atoms with Crippen LogP contribution in [-0.2, 0) is 0 Å². The number of diazo groups is 1. The zero-order valence-electron chi connectivity index (χ0n) is 12.2. The van der Waals surface area contributed by atoms with Crippen LogP contribution in [0.3, 0.4) is 0 Å². The Balaban J connectivity index is 0.000000690. The number of hydrogen-bond donors (Lipinski definition) is 0. The number of hydrogen-bond acceptors (Lipinski definition) is 3. The van der Waals surface area contributed by atoms with Gasteiger partial charge in [-0.1, -0.05) is 0 Å². The van der Waals surface area contributed by atoms with Crippen LogP contribution in [0.15, 0.2) is 18.2 Å². The molecule has 4 nitrogen and oxygen atoms in total. The molecule has 1 aromatic carbocycles. The van der Waals surface area contributed by atoms with E-state index in [0.717, 1.165) is 18.8 Å². The normalized spacial score (nSPS) is 10.2. The standard InChI is InChI=1S/C12H18N3O.BF4/c1-4-15(5-2)10-7-8-11(14-13)12(9-10)16-6-3;2-1(3,4)5/h7-9H,4-6H2,1-3H3;/q+1;-1. The van der Waals surface area contributed by atoms with Gasteiger partial charge in [0.15, 0.2) is 4.98 Å². The fourth-order valence-electron chi connectivity index (χ4n) is 1.64. The zero-order chi connectivity index (χ0) is 16.5. The molecule has 0 spiro atoms. The molecule has 0 aromatic heterocycles. The molecule has 21 heavy (non-hydrogen) atoms. The summed E-state index contributed by atoms with van der Waals surface area (Å²) >= 11 is 0. The van der Waals surface area contributed by atoms with Gasteiger partial charge in [0.1, 0.15) is 0 Å². The van der Waals surface area contributed by atoms with E-state index in [1.165, 1.54) is 0 Å². The van der Waals surface area contributed by atoms with Crippen molar-refractivity contribution < 1.29 is 22.0 Å². The summed E-state index contributed by atoms with van der Waals surface area (Å²) in [6, 6.07) is 5.61. The van der Waals surface area contributed by atoms with E-state index in [0.29, 0.717) is 18.0 Å². The van der Waals surface area contributed by atoms with E-state index in [1.54, 1.807) is 6.07 Å². The van der Waals surface area contributed by atoms with Crippen molar-refractivity contribution in [2.45, 2.75) is 20.8 Å². The summed E-state index contributed by atoms with van der Waals surface area (Å²) in [6.07, 6.45) is 0. The molecule has 0 bridgehead atoms. The van der Waals surface area contributed by atoms with Gasteiger partial charge in [0.25, 0.3) is 0 Å². The minimum atomic E-state index is -6.00. The lowest BCUT2D eigenvalue weighted by Crippen LogP contribution is -2.21. The second-order valence-corrected chi connectivity index (χ2v) is 3.85. The van der Waals surface area contributed by atoms with Crippen LogP contribution in [0.25, 0.3) is 4.98 Å². The van der Waals surface area contributed by atoms with E-state index in [2.05, 4.69) is 23.7 Å². The SMILES string of the molecule is CCOc1cc(N(CC)CC)ccc1[N+]#N.F[B-](F)(F)F. The van der Waals surface area contributed by atoms with Gasteiger partial charge >= 0.3 is 12.9 Å². The van der Waals surface area contributed by atoms with E-state index in [-0.39, 0.29) is 0 Å². The molecule has 0 saturated heterocycles. The summed E-state index contributed by atoms with van der Waals surface area (Å²) < 4.78 is 44.4. The van der Waals surface area contributed by atoms with E-state index in [4.69, 9.17) is 10.1 Å². The predicted molar refractivity (Wildman–Crippen MR) is 76.1 cm³/mol. The number of rotatable bonds is 5. The van der Waals surface area contributed by atoms with E-state index in [1.807, 2.05) is 19.1 Å². The maximum Gasteiger partial charge on any atom is 0.673 e. The molecule has 0 unspecified atom stereocenters. The van der Waals surface area contributed by atoms with Crippen molar-refractivity contribution in [2.24, 2.45) is 0 Å². The minimum Gasteiger partial charge on any atom is -0.486 e. The smallest absolute Gasteiger partial charge is 0.486 e. The van der Waals surface area contributed by atoms with Crippen molar-refractivity contribution in [1.29, 1.82) is 5.39 Å². The fourth-order valence-corrected chi connectivity index (χ4v) is 1.64. The highest BCUT2D eigenvalue weighted by molar-refractivity contribution is 6.50. The van der Waals surface area contributed by atoms with E-state index in [9.17, 15) is 17.3 Å². The monoisotopic (exact) mass is 307 g/mol. The second kappa shape index (κ2) is 9.05. The maximum absolute atomic E-state index is 9.75. The third kappa shape index (κ3) is 8.02. The van der Waals surface area contributed by atoms with Crippen LogP contribution in [-0.4, -0.2) is 27.0 Å². The van der Waals surface area contributed by atoms with Crippen molar-refractivity contribution >= 4 is 18.6 Å². The second-order valence-electron chi connectivity index (χ2n) is 3.85. The Morgan fingerprint density at radius 3 is 2.05 bits per heavy atom. The molecule has 0 aliphatic carbocycles. The van der Waals surface area contributed by atoms with Gasteiger partial charge in [0.05, 0.1) is 6.61 Å². The van der Waals surface area contributed by atoms with Gasteiger partial charge in [-0.05, 0) is 26.8 Å². The van der Waals surface area contributed by atoms with Crippen LogP contribution < -0.4 is 9.64 Å². The maximum atomic E-state index is 9.75. The van der Waals surface area contributed by atoms with Crippen LogP contribution in [0.2, 0.25) is 0 Å². The molecule has 1 rings (SSSR count). The molecule has 0 aliphatic heterocycles. The molecule has 1 aromatic rings. The largest absolute Gasteiger partial charge is 0.673 e.